The van der Waals surface area contributed by atoms with E-state index in [1.54, 1.807) is 12.1 Å². The van der Waals surface area contributed by atoms with E-state index in [9.17, 15) is 14.5 Å². The highest BCUT2D eigenvalue weighted by Crippen LogP contribution is 2.28. The van der Waals surface area contributed by atoms with Crippen LogP contribution in [0.5, 0.6) is 0 Å². The number of hydrogen-bond donors (Lipinski definition) is 1. The summed E-state index contributed by atoms with van der Waals surface area (Å²) in [5.74, 6) is -1.39. The lowest BCUT2D eigenvalue weighted by Gasteiger charge is -2.09. The third-order valence-corrected chi connectivity index (χ3v) is 3.47. The van der Waals surface area contributed by atoms with Crippen LogP contribution in [0.2, 0.25) is 0 Å². The van der Waals surface area contributed by atoms with Crippen LogP contribution in [0.4, 0.5) is 4.79 Å². The number of hydrogen-bond acceptors (Lipinski definition) is 5. The second kappa shape index (κ2) is 5.71. The molecule has 0 spiro atoms. The van der Waals surface area contributed by atoms with E-state index in [4.69, 9.17) is 5.73 Å². The van der Waals surface area contributed by atoms with E-state index in [1.165, 1.54) is 11.3 Å². The van der Waals surface area contributed by atoms with Crippen LogP contribution in [0.3, 0.4) is 0 Å². The standard InChI is InChI=1S/C8H7BrN2O4S/c9-6-2-1-5(16-6)4(7(10)12)3-15-8(13)11-14/h1-2,4H,3H2,(H2,10,12). The molecule has 1 heterocycles. The summed E-state index contributed by atoms with van der Waals surface area (Å²) in [6.07, 6.45) is -1.26. The lowest BCUT2D eigenvalue weighted by Crippen LogP contribution is -2.25. The van der Waals surface area contributed by atoms with Gasteiger partial charge in [-0.25, -0.2) is 4.79 Å². The summed E-state index contributed by atoms with van der Waals surface area (Å²) in [4.78, 5) is 32.1. The summed E-state index contributed by atoms with van der Waals surface area (Å²) in [5.41, 5.74) is 5.16. The molecular formula is C8H7BrN2O4S. The number of primary amides is 1. The fraction of sp³-hybridized carbons (Fsp3) is 0.250. The average Bonchev–Trinajstić information content (AvgIpc) is 2.64. The maximum absolute atomic E-state index is 11.1. The second-order valence-electron chi connectivity index (χ2n) is 2.77. The topological polar surface area (TPSA) is 98.8 Å². The van der Waals surface area contributed by atoms with Crippen molar-refractivity contribution in [2.24, 2.45) is 10.9 Å². The zero-order valence-corrected chi connectivity index (χ0v) is 10.3. The van der Waals surface area contributed by atoms with Gasteiger partial charge in [-0.2, -0.15) is 0 Å². The Morgan fingerprint density at radius 2 is 2.25 bits per heavy atom. The number of nitrogens with zero attached hydrogens (tertiary/aromatic N) is 1. The Morgan fingerprint density at radius 1 is 1.56 bits per heavy atom. The highest BCUT2D eigenvalue weighted by atomic mass is 79.9. The van der Waals surface area contributed by atoms with Crippen LogP contribution in [0, 0.1) is 4.91 Å². The zero-order valence-electron chi connectivity index (χ0n) is 7.88. The molecule has 16 heavy (non-hydrogen) atoms. The molecule has 2 N–H and O–H groups in total. The number of nitrogens with two attached hydrogens (primary N) is 1. The predicted molar refractivity (Wildman–Crippen MR) is 61.1 cm³/mol. The van der Waals surface area contributed by atoms with Crippen molar-refractivity contribution in [3.63, 3.8) is 0 Å². The summed E-state index contributed by atoms with van der Waals surface area (Å²) >= 11 is 4.53. The van der Waals surface area contributed by atoms with Crippen LogP contribution in [-0.4, -0.2) is 18.6 Å². The Bertz CT molecular complexity index is 420. The number of halogens is 1. The molecule has 1 aromatic heterocycles. The molecule has 86 valence electrons. The zero-order chi connectivity index (χ0) is 12.1. The second-order valence-corrected chi connectivity index (χ2v) is 5.26. The Balaban J connectivity index is 2.72. The molecule has 0 aliphatic carbocycles. The molecule has 0 saturated carbocycles. The van der Waals surface area contributed by atoms with Gasteiger partial charge in [-0.1, -0.05) is 0 Å². The normalized spacial score (nSPS) is 11.8. The van der Waals surface area contributed by atoms with Crippen molar-refractivity contribution in [3.05, 3.63) is 25.7 Å². The highest BCUT2D eigenvalue weighted by Gasteiger charge is 2.21. The van der Waals surface area contributed by atoms with E-state index in [1.807, 2.05) is 5.18 Å². The molecule has 1 unspecified atom stereocenters. The third kappa shape index (κ3) is 3.38. The van der Waals surface area contributed by atoms with Crippen molar-refractivity contribution in [1.29, 1.82) is 0 Å². The summed E-state index contributed by atoms with van der Waals surface area (Å²) in [6, 6.07) is 3.43. The van der Waals surface area contributed by atoms with Gasteiger partial charge in [0.25, 0.3) is 0 Å². The Labute approximate surface area is 103 Å². The summed E-state index contributed by atoms with van der Waals surface area (Å²) in [5, 5.41) is 2.05. The number of rotatable bonds is 4. The van der Waals surface area contributed by atoms with Crippen molar-refractivity contribution < 1.29 is 14.3 Å². The van der Waals surface area contributed by atoms with Gasteiger partial charge in [0, 0.05) is 4.88 Å². The number of carbonyl (C=O) groups excluding carboxylic acids is 2. The van der Waals surface area contributed by atoms with Gasteiger partial charge in [0.15, 0.2) is 0 Å². The molecule has 0 bridgehead atoms. The lowest BCUT2D eigenvalue weighted by atomic mass is 10.1. The van der Waals surface area contributed by atoms with Crippen LogP contribution < -0.4 is 5.73 Å². The first kappa shape index (κ1) is 12.8. The minimum absolute atomic E-state index is 0.285. The SMILES string of the molecule is NC(=O)C(COC(=O)N=O)c1ccc(Br)s1. The van der Waals surface area contributed by atoms with E-state index in [0.717, 1.165) is 3.79 Å². The summed E-state index contributed by atoms with van der Waals surface area (Å²) in [7, 11) is 0. The van der Waals surface area contributed by atoms with Crippen LogP contribution in [0.1, 0.15) is 10.8 Å². The first-order chi connectivity index (χ1) is 7.54. The van der Waals surface area contributed by atoms with E-state index < -0.39 is 17.9 Å². The van der Waals surface area contributed by atoms with Crippen molar-refractivity contribution in [1.82, 2.24) is 0 Å². The molecule has 1 rings (SSSR count). The van der Waals surface area contributed by atoms with Gasteiger partial charge >= 0.3 is 6.09 Å². The first-order valence-electron chi connectivity index (χ1n) is 4.09. The van der Waals surface area contributed by atoms with Crippen molar-refractivity contribution in [3.8, 4) is 0 Å². The molecule has 0 aliphatic rings. The molecule has 1 aromatic rings. The molecule has 1 atom stereocenters. The number of thiophene rings is 1. The molecule has 0 saturated heterocycles. The third-order valence-electron chi connectivity index (χ3n) is 1.73. The number of carbonyl (C=O) groups is 2. The maximum atomic E-state index is 11.1. The predicted octanol–water partition coefficient (Wildman–Crippen LogP) is 1.98. The summed E-state index contributed by atoms with van der Waals surface area (Å²) in [6.45, 7) is -0.285. The van der Waals surface area contributed by atoms with Gasteiger partial charge < -0.3 is 10.5 Å². The average molecular weight is 307 g/mol. The largest absolute Gasteiger partial charge is 0.470 e. The Kier molecular flexibility index (Phi) is 4.56. The van der Waals surface area contributed by atoms with Crippen molar-refractivity contribution >= 4 is 39.3 Å². The molecule has 6 nitrogen and oxygen atoms in total. The fourth-order valence-electron chi connectivity index (χ4n) is 1.00. The molecular weight excluding hydrogens is 300 g/mol. The maximum Gasteiger partial charge on any atom is 0.470 e. The van der Waals surface area contributed by atoms with Crippen LogP contribution in [-0.2, 0) is 9.53 Å². The van der Waals surface area contributed by atoms with E-state index in [-0.39, 0.29) is 6.61 Å². The minimum Gasteiger partial charge on any atom is -0.445 e. The fourth-order valence-corrected chi connectivity index (χ4v) is 2.52. The number of amides is 2. The van der Waals surface area contributed by atoms with Crippen molar-refractivity contribution in [2.75, 3.05) is 6.61 Å². The molecule has 8 heteroatoms. The minimum atomic E-state index is -1.26. The first-order valence-corrected chi connectivity index (χ1v) is 5.70. The van der Waals surface area contributed by atoms with Gasteiger partial charge in [-0.05, 0) is 28.1 Å². The van der Waals surface area contributed by atoms with Gasteiger partial charge in [0.1, 0.15) is 12.5 Å². The van der Waals surface area contributed by atoms with Gasteiger partial charge in [0.05, 0.1) is 8.96 Å². The van der Waals surface area contributed by atoms with Gasteiger partial charge in [0.2, 0.25) is 5.91 Å². The quantitative estimate of drug-likeness (QED) is 0.860. The van der Waals surface area contributed by atoms with Crippen LogP contribution >= 0.6 is 27.3 Å². The van der Waals surface area contributed by atoms with Gasteiger partial charge in [-0.15, -0.1) is 16.2 Å². The van der Waals surface area contributed by atoms with Crippen molar-refractivity contribution in [2.45, 2.75) is 5.92 Å². The number of nitroso groups, excluding NO2 is 1. The molecule has 0 aliphatic heterocycles. The lowest BCUT2D eigenvalue weighted by molar-refractivity contribution is -0.120. The number of ether oxygens (including phenoxy) is 1. The van der Waals surface area contributed by atoms with Crippen LogP contribution in [0.25, 0.3) is 0 Å². The van der Waals surface area contributed by atoms with E-state index in [2.05, 4.69) is 20.7 Å². The Hall–Kier alpha value is -1.28. The smallest absolute Gasteiger partial charge is 0.445 e. The highest BCUT2D eigenvalue weighted by molar-refractivity contribution is 9.11. The molecule has 0 aromatic carbocycles. The Morgan fingerprint density at radius 3 is 2.69 bits per heavy atom. The van der Waals surface area contributed by atoms with Crippen LogP contribution in [0.15, 0.2) is 21.1 Å². The van der Waals surface area contributed by atoms with E-state index >= 15 is 0 Å². The molecule has 2 amide bonds. The van der Waals surface area contributed by atoms with E-state index in [0.29, 0.717) is 4.88 Å². The van der Waals surface area contributed by atoms with Gasteiger partial charge in [-0.3, -0.25) is 4.79 Å². The molecule has 0 radical (unpaired) electrons. The monoisotopic (exact) mass is 306 g/mol. The molecule has 0 fully saturated rings. The summed E-state index contributed by atoms with van der Waals surface area (Å²) < 4.78 is 5.28.